The van der Waals surface area contributed by atoms with Gasteiger partial charge in [-0.05, 0) is 24.3 Å². The van der Waals surface area contributed by atoms with Gasteiger partial charge in [-0.25, -0.2) is 0 Å². The van der Waals surface area contributed by atoms with Crippen molar-refractivity contribution in [2.45, 2.75) is 0 Å². The number of anilines is 1. The van der Waals surface area contributed by atoms with Crippen LogP contribution in [0, 0.1) is 0 Å². The number of hydrogen-bond acceptors (Lipinski definition) is 5. The molecule has 128 valence electrons. The SMILES string of the molecule is COc1cc(OC)c(C(=O)Nc2cccc3ncccc23)cc1OC. The second kappa shape index (κ2) is 7.09. The molecule has 6 nitrogen and oxygen atoms in total. The fraction of sp³-hybridized carbons (Fsp3) is 0.158. The Morgan fingerprint density at radius 3 is 2.36 bits per heavy atom. The molecule has 6 heteroatoms. The highest BCUT2D eigenvalue weighted by Gasteiger charge is 2.18. The van der Waals surface area contributed by atoms with E-state index in [9.17, 15) is 4.79 Å². The van der Waals surface area contributed by atoms with Gasteiger partial charge < -0.3 is 19.5 Å². The molecule has 1 aromatic heterocycles. The topological polar surface area (TPSA) is 69.7 Å². The van der Waals surface area contributed by atoms with E-state index in [1.165, 1.54) is 21.3 Å². The largest absolute Gasteiger partial charge is 0.496 e. The summed E-state index contributed by atoms with van der Waals surface area (Å²) < 4.78 is 15.8. The number of carbonyl (C=O) groups excluding carboxylic acids is 1. The molecule has 0 aliphatic heterocycles. The predicted octanol–water partition coefficient (Wildman–Crippen LogP) is 3.51. The Morgan fingerprint density at radius 2 is 1.64 bits per heavy atom. The van der Waals surface area contributed by atoms with Gasteiger partial charge in [-0.2, -0.15) is 0 Å². The molecule has 3 aromatic rings. The number of benzene rings is 2. The smallest absolute Gasteiger partial charge is 0.259 e. The Hall–Kier alpha value is -3.28. The first-order valence-electron chi connectivity index (χ1n) is 7.63. The van der Waals surface area contributed by atoms with Crippen LogP contribution in [0.2, 0.25) is 0 Å². The summed E-state index contributed by atoms with van der Waals surface area (Å²) in [5.74, 6) is 1.03. The summed E-state index contributed by atoms with van der Waals surface area (Å²) in [5.41, 5.74) is 1.83. The summed E-state index contributed by atoms with van der Waals surface area (Å²) in [6.45, 7) is 0. The molecular formula is C19H18N2O4. The van der Waals surface area contributed by atoms with Crippen molar-refractivity contribution >= 4 is 22.5 Å². The van der Waals surface area contributed by atoms with Crippen molar-refractivity contribution in [2.24, 2.45) is 0 Å². The summed E-state index contributed by atoms with van der Waals surface area (Å²) in [7, 11) is 4.54. The maximum Gasteiger partial charge on any atom is 0.259 e. The van der Waals surface area contributed by atoms with Crippen LogP contribution in [0.5, 0.6) is 17.2 Å². The lowest BCUT2D eigenvalue weighted by molar-refractivity contribution is 0.102. The van der Waals surface area contributed by atoms with Crippen LogP contribution in [0.1, 0.15) is 10.4 Å². The Bertz CT molecular complexity index is 919. The monoisotopic (exact) mass is 338 g/mol. The van der Waals surface area contributed by atoms with Crippen LogP contribution in [-0.2, 0) is 0 Å². The van der Waals surface area contributed by atoms with Gasteiger partial charge in [0.05, 0.1) is 38.1 Å². The average molecular weight is 338 g/mol. The fourth-order valence-corrected chi connectivity index (χ4v) is 2.61. The number of methoxy groups -OCH3 is 3. The van der Waals surface area contributed by atoms with Crippen molar-refractivity contribution in [3.05, 3.63) is 54.2 Å². The molecule has 1 N–H and O–H groups in total. The van der Waals surface area contributed by atoms with Gasteiger partial charge in [-0.3, -0.25) is 9.78 Å². The van der Waals surface area contributed by atoms with Crippen molar-refractivity contribution in [3.8, 4) is 17.2 Å². The molecule has 0 spiro atoms. The number of fused-ring (bicyclic) bond motifs is 1. The van der Waals surface area contributed by atoms with E-state index in [1.807, 2.05) is 30.3 Å². The van der Waals surface area contributed by atoms with Crippen LogP contribution in [-0.4, -0.2) is 32.2 Å². The minimum Gasteiger partial charge on any atom is -0.496 e. The molecule has 0 saturated carbocycles. The number of nitrogens with one attached hydrogen (secondary N) is 1. The summed E-state index contributed by atoms with van der Waals surface area (Å²) in [6, 6.07) is 12.5. The van der Waals surface area contributed by atoms with Crippen LogP contribution < -0.4 is 19.5 Å². The lowest BCUT2D eigenvalue weighted by Gasteiger charge is -2.14. The predicted molar refractivity (Wildman–Crippen MR) is 95.8 cm³/mol. The highest BCUT2D eigenvalue weighted by atomic mass is 16.5. The second-order valence-corrected chi connectivity index (χ2v) is 5.24. The molecule has 25 heavy (non-hydrogen) atoms. The molecule has 3 rings (SSSR count). The van der Waals surface area contributed by atoms with Crippen LogP contribution in [0.25, 0.3) is 10.9 Å². The van der Waals surface area contributed by atoms with E-state index >= 15 is 0 Å². The first-order chi connectivity index (χ1) is 12.2. The first-order valence-corrected chi connectivity index (χ1v) is 7.63. The van der Waals surface area contributed by atoms with Crippen molar-refractivity contribution in [2.75, 3.05) is 26.6 Å². The number of carbonyl (C=O) groups is 1. The van der Waals surface area contributed by atoms with E-state index < -0.39 is 0 Å². The summed E-state index contributed by atoms with van der Waals surface area (Å²) in [5, 5.41) is 3.77. The number of aromatic nitrogens is 1. The molecule has 0 aliphatic carbocycles. The third-order valence-electron chi connectivity index (χ3n) is 3.84. The maximum absolute atomic E-state index is 12.8. The second-order valence-electron chi connectivity index (χ2n) is 5.24. The molecule has 0 saturated heterocycles. The summed E-state index contributed by atoms with van der Waals surface area (Å²) in [4.78, 5) is 17.1. The lowest BCUT2D eigenvalue weighted by atomic mass is 10.1. The zero-order valence-corrected chi connectivity index (χ0v) is 14.2. The zero-order chi connectivity index (χ0) is 17.8. The van der Waals surface area contributed by atoms with Crippen molar-refractivity contribution in [1.82, 2.24) is 4.98 Å². The molecule has 0 fully saturated rings. The van der Waals surface area contributed by atoms with Gasteiger partial charge in [-0.1, -0.05) is 6.07 Å². The van der Waals surface area contributed by atoms with Crippen LogP contribution in [0.4, 0.5) is 5.69 Å². The molecular weight excluding hydrogens is 320 g/mol. The van der Waals surface area contributed by atoms with Gasteiger partial charge in [0.15, 0.2) is 11.5 Å². The maximum atomic E-state index is 12.8. The standard InChI is InChI=1S/C19H18N2O4/c1-23-16-11-18(25-3)17(24-2)10-13(16)19(22)21-15-8-4-7-14-12(15)6-5-9-20-14/h4-11H,1-3H3,(H,21,22). The van der Waals surface area contributed by atoms with Crippen LogP contribution in [0.15, 0.2) is 48.7 Å². The molecule has 0 aliphatic rings. The minimum absolute atomic E-state index is 0.311. The van der Waals surface area contributed by atoms with Crippen molar-refractivity contribution in [3.63, 3.8) is 0 Å². The zero-order valence-electron chi connectivity index (χ0n) is 14.2. The van der Waals surface area contributed by atoms with E-state index in [2.05, 4.69) is 10.3 Å². The Kier molecular flexibility index (Phi) is 4.70. The summed E-state index contributed by atoms with van der Waals surface area (Å²) >= 11 is 0. The van der Waals surface area contributed by atoms with Crippen molar-refractivity contribution in [1.29, 1.82) is 0 Å². The molecule has 1 heterocycles. The van der Waals surface area contributed by atoms with Crippen molar-refractivity contribution < 1.29 is 19.0 Å². The van der Waals surface area contributed by atoms with Gasteiger partial charge >= 0.3 is 0 Å². The number of rotatable bonds is 5. The number of amides is 1. The first kappa shape index (κ1) is 16.6. The normalized spacial score (nSPS) is 10.4. The fourth-order valence-electron chi connectivity index (χ4n) is 2.61. The highest BCUT2D eigenvalue weighted by molar-refractivity contribution is 6.10. The Labute approximate surface area is 145 Å². The molecule has 0 unspecified atom stereocenters. The third kappa shape index (κ3) is 3.19. The van der Waals surface area contributed by atoms with E-state index in [4.69, 9.17) is 14.2 Å². The van der Waals surface area contributed by atoms with Gasteiger partial charge in [0.25, 0.3) is 5.91 Å². The minimum atomic E-state index is -0.311. The molecule has 1 amide bonds. The number of nitrogens with zero attached hydrogens (tertiary/aromatic N) is 1. The quantitative estimate of drug-likeness (QED) is 0.771. The van der Waals surface area contributed by atoms with E-state index in [0.717, 1.165) is 10.9 Å². The Morgan fingerprint density at radius 1 is 0.920 bits per heavy atom. The summed E-state index contributed by atoms with van der Waals surface area (Å²) in [6.07, 6.45) is 1.71. The molecule has 0 radical (unpaired) electrons. The van der Waals surface area contributed by atoms with E-state index in [1.54, 1.807) is 18.3 Å². The van der Waals surface area contributed by atoms with Crippen LogP contribution in [0.3, 0.4) is 0 Å². The lowest BCUT2D eigenvalue weighted by Crippen LogP contribution is -2.14. The number of ether oxygens (including phenoxy) is 3. The number of pyridine rings is 1. The molecule has 0 bridgehead atoms. The Balaban J connectivity index is 2.00. The molecule has 2 aromatic carbocycles. The van der Waals surface area contributed by atoms with Gasteiger partial charge in [0.1, 0.15) is 5.75 Å². The van der Waals surface area contributed by atoms with Gasteiger partial charge in [0.2, 0.25) is 0 Å². The molecule has 0 atom stereocenters. The van der Waals surface area contributed by atoms with E-state index in [-0.39, 0.29) is 5.91 Å². The van der Waals surface area contributed by atoms with Gasteiger partial charge in [0, 0.05) is 23.7 Å². The third-order valence-corrected chi connectivity index (χ3v) is 3.84. The van der Waals surface area contributed by atoms with E-state index in [0.29, 0.717) is 28.5 Å². The highest BCUT2D eigenvalue weighted by Crippen LogP contribution is 2.35. The number of hydrogen-bond donors (Lipinski definition) is 1. The van der Waals surface area contributed by atoms with Crippen LogP contribution >= 0.6 is 0 Å². The average Bonchev–Trinajstić information content (AvgIpc) is 2.67. The van der Waals surface area contributed by atoms with Gasteiger partial charge in [-0.15, -0.1) is 0 Å².